The van der Waals surface area contributed by atoms with Gasteiger partial charge in [-0.1, -0.05) is 0 Å². The van der Waals surface area contributed by atoms with Gasteiger partial charge < -0.3 is 20.1 Å². The summed E-state index contributed by atoms with van der Waals surface area (Å²) in [5.74, 6) is 2.61. The fourth-order valence-electron chi connectivity index (χ4n) is 8.57. The number of amides is 1. The molecule has 2 aromatic heterocycles. The van der Waals surface area contributed by atoms with E-state index in [1.807, 2.05) is 6.07 Å². The minimum Gasteiger partial charge on any atom is -0.506 e. The highest BCUT2D eigenvalue weighted by atomic mass is 19.4. The maximum absolute atomic E-state index is 13.1. The monoisotopic (exact) mass is 622 g/mol. The van der Waals surface area contributed by atoms with Crippen molar-refractivity contribution in [2.45, 2.75) is 51.4 Å². The van der Waals surface area contributed by atoms with E-state index in [9.17, 15) is 23.1 Å². The number of carbonyl (C=O) groups is 1. The first-order valence-electron chi connectivity index (χ1n) is 15.7. The lowest BCUT2D eigenvalue weighted by atomic mass is 9.49. The molecule has 45 heavy (non-hydrogen) atoms. The van der Waals surface area contributed by atoms with Crippen molar-refractivity contribution < 1.29 is 27.8 Å². The third-order valence-corrected chi connectivity index (χ3v) is 10.0. The van der Waals surface area contributed by atoms with Gasteiger partial charge in [0.2, 0.25) is 0 Å². The molecule has 4 aliphatic carbocycles. The van der Waals surface area contributed by atoms with E-state index >= 15 is 0 Å². The molecule has 0 atom stereocenters. The average molecular weight is 623 g/mol. The summed E-state index contributed by atoms with van der Waals surface area (Å²) in [7, 11) is 0. The minimum atomic E-state index is -4.83. The molecule has 1 amide bonds. The van der Waals surface area contributed by atoms with Gasteiger partial charge in [-0.25, -0.2) is 0 Å². The van der Waals surface area contributed by atoms with Gasteiger partial charge in [0.15, 0.2) is 11.5 Å². The van der Waals surface area contributed by atoms with Crippen LogP contribution in [0.3, 0.4) is 0 Å². The Morgan fingerprint density at radius 1 is 0.933 bits per heavy atom. The van der Waals surface area contributed by atoms with E-state index in [4.69, 9.17) is 0 Å². The highest BCUT2D eigenvalue weighted by molar-refractivity contribution is 5.92. The summed E-state index contributed by atoms with van der Waals surface area (Å²) < 4.78 is 43.4. The largest absolute Gasteiger partial charge is 0.573 e. The number of hydrogen-bond donors (Lipinski definition) is 2. The molecular formula is C33H37F3N6O3. The van der Waals surface area contributed by atoms with Gasteiger partial charge in [0.25, 0.3) is 5.91 Å². The van der Waals surface area contributed by atoms with Crippen molar-refractivity contribution in [1.82, 2.24) is 25.4 Å². The third kappa shape index (κ3) is 6.85. The molecule has 3 aromatic rings. The van der Waals surface area contributed by atoms with Crippen LogP contribution in [0.15, 0.2) is 48.8 Å². The summed E-state index contributed by atoms with van der Waals surface area (Å²) >= 11 is 0. The van der Waals surface area contributed by atoms with E-state index in [1.54, 1.807) is 12.1 Å². The van der Waals surface area contributed by atoms with Crippen LogP contribution in [0, 0.1) is 23.2 Å². The van der Waals surface area contributed by atoms with Gasteiger partial charge in [-0.2, -0.15) is 0 Å². The first kappa shape index (κ1) is 29.8. The molecule has 4 saturated carbocycles. The maximum atomic E-state index is 13.1. The number of nitrogens with one attached hydrogen (secondary N) is 1. The fraction of sp³-hybridized carbons (Fsp3) is 0.515. The second-order valence-electron chi connectivity index (χ2n) is 13.5. The zero-order chi connectivity index (χ0) is 31.2. The lowest BCUT2D eigenvalue weighted by molar-refractivity contribution is -0.274. The predicted molar refractivity (Wildman–Crippen MR) is 160 cm³/mol. The summed E-state index contributed by atoms with van der Waals surface area (Å²) in [5, 5.41) is 21.6. The van der Waals surface area contributed by atoms with E-state index in [0.717, 1.165) is 24.3 Å². The first-order chi connectivity index (χ1) is 21.6. The Kier molecular flexibility index (Phi) is 7.79. The normalized spacial score (nSPS) is 26.2. The topological polar surface area (TPSA) is 104 Å². The molecule has 0 spiro atoms. The molecule has 2 N–H and O–H groups in total. The molecule has 9 nitrogen and oxygen atoms in total. The van der Waals surface area contributed by atoms with Crippen LogP contribution in [-0.2, 0) is 6.54 Å². The van der Waals surface area contributed by atoms with Crippen LogP contribution in [0.4, 0.5) is 19.0 Å². The van der Waals surface area contributed by atoms with E-state index in [2.05, 4.69) is 35.0 Å². The number of rotatable bonds is 8. The number of hydrogen-bond acceptors (Lipinski definition) is 8. The van der Waals surface area contributed by atoms with Crippen molar-refractivity contribution in [2.75, 3.05) is 37.6 Å². The Morgan fingerprint density at radius 3 is 2.27 bits per heavy atom. The van der Waals surface area contributed by atoms with Crippen LogP contribution < -0.4 is 15.0 Å². The Bertz CT molecular complexity index is 1510. The molecule has 0 unspecified atom stereocenters. The first-order valence-corrected chi connectivity index (χ1v) is 15.7. The van der Waals surface area contributed by atoms with Gasteiger partial charge in [0.05, 0.1) is 6.20 Å². The SMILES string of the molecule is O=C(NCC12CC3CC(CC(C3)C1)C2)c1ccc(N2CCN(Cc3cc(OC(F)(F)F)cc(-c4cncc(O)c4)c3)CC2)nn1. The highest BCUT2D eigenvalue weighted by Gasteiger charge is 2.50. The number of aromatic hydroxyl groups is 1. The molecule has 1 aliphatic heterocycles. The molecule has 0 radical (unpaired) electrons. The molecule has 238 valence electrons. The molecule has 1 aromatic carbocycles. The number of ether oxygens (including phenoxy) is 1. The molecule has 5 aliphatic rings. The van der Waals surface area contributed by atoms with E-state index < -0.39 is 6.36 Å². The number of piperazine rings is 1. The summed E-state index contributed by atoms with van der Waals surface area (Å²) in [4.78, 5) is 21.1. The Labute approximate surface area is 259 Å². The molecule has 12 heteroatoms. The van der Waals surface area contributed by atoms with Crippen molar-refractivity contribution in [2.24, 2.45) is 23.2 Å². The van der Waals surface area contributed by atoms with Gasteiger partial charge in [-0.15, -0.1) is 23.4 Å². The van der Waals surface area contributed by atoms with Gasteiger partial charge in [0, 0.05) is 51.0 Å². The van der Waals surface area contributed by atoms with Crippen molar-refractivity contribution in [3.8, 4) is 22.6 Å². The second-order valence-corrected chi connectivity index (χ2v) is 13.5. The van der Waals surface area contributed by atoms with E-state index in [0.29, 0.717) is 60.9 Å². The predicted octanol–water partition coefficient (Wildman–Crippen LogP) is 5.41. The quantitative estimate of drug-likeness (QED) is 0.344. The van der Waals surface area contributed by atoms with Gasteiger partial charge >= 0.3 is 6.36 Å². The molecule has 4 bridgehead atoms. The minimum absolute atomic E-state index is 0.0819. The van der Waals surface area contributed by atoms with Crippen LogP contribution in [0.25, 0.3) is 11.1 Å². The number of benzene rings is 1. The van der Waals surface area contributed by atoms with E-state index in [1.165, 1.54) is 69.1 Å². The zero-order valence-corrected chi connectivity index (χ0v) is 25.0. The van der Waals surface area contributed by atoms with Gasteiger partial charge in [-0.05, 0) is 109 Å². The number of carbonyl (C=O) groups excluding carboxylic acids is 1. The summed E-state index contributed by atoms with van der Waals surface area (Å²) in [6.45, 7) is 3.74. The van der Waals surface area contributed by atoms with Crippen LogP contribution in [0.1, 0.15) is 54.6 Å². The lowest BCUT2D eigenvalue weighted by Gasteiger charge is -2.56. The Hall–Kier alpha value is -3.93. The van der Waals surface area contributed by atoms with Crippen LogP contribution in [0.2, 0.25) is 0 Å². The van der Waals surface area contributed by atoms with E-state index in [-0.39, 0.29) is 22.8 Å². The van der Waals surface area contributed by atoms with Crippen LogP contribution >= 0.6 is 0 Å². The zero-order valence-electron chi connectivity index (χ0n) is 25.0. The number of nitrogens with zero attached hydrogens (tertiary/aromatic N) is 5. The lowest BCUT2D eigenvalue weighted by Crippen LogP contribution is -2.51. The number of alkyl halides is 3. The number of halogens is 3. The Balaban J connectivity index is 0.947. The van der Waals surface area contributed by atoms with Crippen molar-refractivity contribution in [1.29, 1.82) is 0 Å². The highest BCUT2D eigenvalue weighted by Crippen LogP contribution is 2.59. The number of aromatic nitrogens is 3. The molecule has 5 fully saturated rings. The second kappa shape index (κ2) is 11.8. The molecule has 3 heterocycles. The molecular weight excluding hydrogens is 585 g/mol. The van der Waals surface area contributed by atoms with Crippen molar-refractivity contribution in [3.63, 3.8) is 0 Å². The Morgan fingerprint density at radius 2 is 1.64 bits per heavy atom. The van der Waals surface area contributed by atoms with Crippen LogP contribution in [0.5, 0.6) is 11.5 Å². The smallest absolute Gasteiger partial charge is 0.506 e. The number of pyridine rings is 1. The molecule has 1 saturated heterocycles. The summed E-state index contributed by atoms with van der Waals surface area (Å²) in [6.07, 6.45) is 5.73. The standard InChI is InChI=1S/C33H37F3N6O3/c34-33(35,36)45-28-11-24(10-25(13-28)26-12-27(43)18-37-17-26)19-41-3-5-42(6-4-41)30-2-1-29(39-40-30)31(44)38-20-32-14-21-7-22(15-32)9-23(8-21)16-32/h1-2,10-13,17-18,21-23,43H,3-9,14-16,19-20H2,(H,38,44). The average Bonchev–Trinajstić information content (AvgIpc) is 2.99. The van der Waals surface area contributed by atoms with Crippen molar-refractivity contribution in [3.05, 3.63) is 60.0 Å². The summed E-state index contributed by atoms with van der Waals surface area (Å²) in [6, 6.07) is 9.46. The summed E-state index contributed by atoms with van der Waals surface area (Å²) in [5.41, 5.74) is 2.17. The third-order valence-electron chi connectivity index (χ3n) is 10.0. The fourth-order valence-corrected chi connectivity index (χ4v) is 8.57. The van der Waals surface area contributed by atoms with Gasteiger partial charge in [0.1, 0.15) is 11.5 Å². The molecule has 8 rings (SSSR count). The van der Waals surface area contributed by atoms with Crippen molar-refractivity contribution >= 4 is 11.7 Å². The maximum Gasteiger partial charge on any atom is 0.573 e. The van der Waals surface area contributed by atoms with Gasteiger partial charge in [-0.3, -0.25) is 14.7 Å². The number of anilines is 1. The van der Waals surface area contributed by atoms with Crippen LogP contribution in [-0.4, -0.2) is 70.2 Å².